The molecule has 1 aromatic rings. The third-order valence-corrected chi connectivity index (χ3v) is 3.58. The van der Waals surface area contributed by atoms with Gasteiger partial charge in [-0.05, 0) is 19.8 Å². The molecular weight excluding hydrogens is 248 g/mol. The summed E-state index contributed by atoms with van der Waals surface area (Å²) in [7, 11) is 1.61. The van der Waals surface area contributed by atoms with Crippen molar-refractivity contribution in [1.82, 2.24) is 14.7 Å². The zero-order valence-corrected chi connectivity index (χ0v) is 11.3. The van der Waals surface area contributed by atoms with E-state index < -0.39 is 4.92 Å². The van der Waals surface area contributed by atoms with E-state index in [1.165, 1.54) is 4.68 Å². The van der Waals surface area contributed by atoms with E-state index >= 15 is 0 Å². The van der Waals surface area contributed by atoms with Crippen LogP contribution in [0.3, 0.4) is 0 Å². The molecule has 0 radical (unpaired) electrons. The van der Waals surface area contributed by atoms with Crippen molar-refractivity contribution in [2.45, 2.75) is 32.6 Å². The van der Waals surface area contributed by atoms with Gasteiger partial charge in [-0.1, -0.05) is 12.8 Å². The number of hydrogen-bond acceptors (Lipinski definition) is 4. The standard InChI is InChI=1S/C12H18N4O3/c1-9-11(16(18)19)10(13-14(9)2)12(17)15-7-5-3-4-6-8-15/h3-8H2,1-2H3. The Morgan fingerprint density at radius 3 is 2.37 bits per heavy atom. The second-order valence-corrected chi connectivity index (χ2v) is 4.87. The van der Waals surface area contributed by atoms with Crippen molar-refractivity contribution in [2.75, 3.05) is 13.1 Å². The highest BCUT2D eigenvalue weighted by Gasteiger charge is 2.31. The van der Waals surface area contributed by atoms with Crippen LogP contribution in [0.25, 0.3) is 0 Å². The van der Waals surface area contributed by atoms with Crippen molar-refractivity contribution in [1.29, 1.82) is 0 Å². The highest BCUT2D eigenvalue weighted by molar-refractivity contribution is 5.96. The third-order valence-electron chi connectivity index (χ3n) is 3.58. The van der Waals surface area contributed by atoms with Crippen LogP contribution in [0, 0.1) is 17.0 Å². The Labute approximate surface area is 111 Å². The van der Waals surface area contributed by atoms with Gasteiger partial charge in [-0.15, -0.1) is 0 Å². The molecule has 2 rings (SSSR count). The van der Waals surface area contributed by atoms with Crippen molar-refractivity contribution < 1.29 is 9.72 Å². The first-order valence-electron chi connectivity index (χ1n) is 6.49. The van der Waals surface area contributed by atoms with Gasteiger partial charge in [-0.25, -0.2) is 0 Å². The van der Waals surface area contributed by atoms with Gasteiger partial charge in [-0.3, -0.25) is 19.6 Å². The molecule has 0 spiro atoms. The first-order valence-corrected chi connectivity index (χ1v) is 6.49. The summed E-state index contributed by atoms with van der Waals surface area (Å²) in [6.45, 7) is 2.92. The van der Waals surface area contributed by atoms with Gasteiger partial charge in [0.2, 0.25) is 5.69 Å². The van der Waals surface area contributed by atoms with Crippen LogP contribution in [0.5, 0.6) is 0 Å². The van der Waals surface area contributed by atoms with Gasteiger partial charge < -0.3 is 4.90 Å². The molecule has 1 aromatic heterocycles. The van der Waals surface area contributed by atoms with Crippen molar-refractivity contribution in [3.8, 4) is 0 Å². The first kappa shape index (κ1) is 13.5. The predicted octanol–water partition coefficient (Wildman–Crippen LogP) is 1.65. The van der Waals surface area contributed by atoms with Gasteiger partial charge in [0.25, 0.3) is 5.91 Å². The van der Waals surface area contributed by atoms with Gasteiger partial charge in [0.1, 0.15) is 5.69 Å². The van der Waals surface area contributed by atoms with E-state index in [2.05, 4.69) is 5.10 Å². The van der Waals surface area contributed by atoms with E-state index in [1.54, 1.807) is 18.9 Å². The van der Waals surface area contributed by atoms with Crippen molar-refractivity contribution >= 4 is 11.6 Å². The van der Waals surface area contributed by atoms with Gasteiger partial charge in [0.15, 0.2) is 0 Å². The largest absolute Gasteiger partial charge is 0.337 e. The third kappa shape index (κ3) is 2.59. The maximum Gasteiger partial charge on any atom is 0.322 e. The summed E-state index contributed by atoms with van der Waals surface area (Å²) in [5.74, 6) is -0.322. The molecule has 0 N–H and O–H groups in total. The maximum atomic E-state index is 12.4. The second kappa shape index (κ2) is 5.38. The zero-order chi connectivity index (χ0) is 14.0. The highest BCUT2D eigenvalue weighted by atomic mass is 16.6. The number of nitrogens with zero attached hydrogens (tertiary/aromatic N) is 4. The number of carbonyl (C=O) groups is 1. The van der Waals surface area contributed by atoms with Crippen LogP contribution in [0.1, 0.15) is 41.9 Å². The molecule has 2 heterocycles. The molecule has 0 saturated carbocycles. The van der Waals surface area contributed by atoms with Crippen molar-refractivity contribution in [3.05, 3.63) is 21.5 Å². The van der Waals surface area contributed by atoms with Gasteiger partial charge in [0, 0.05) is 20.1 Å². The van der Waals surface area contributed by atoms with Crippen molar-refractivity contribution in [3.63, 3.8) is 0 Å². The zero-order valence-electron chi connectivity index (χ0n) is 11.3. The molecular formula is C12H18N4O3. The molecule has 1 fully saturated rings. The topological polar surface area (TPSA) is 81.3 Å². The maximum absolute atomic E-state index is 12.4. The molecule has 104 valence electrons. The Balaban J connectivity index is 2.32. The van der Waals surface area contributed by atoms with Gasteiger partial charge in [0.05, 0.1) is 4.92 Å². The van der Waals surface area contributed by atoms with Crippen LogP contribution in [0.2, 0.25) is 0 Å². The smallest absolute Gasteiger partial charge is 0.322 e. The minimum atomic E-state index is -0.520. The molecule has 1 aliphatic heterocycles. The lowest BCUT2D eigenvalue weighted by Gasteiger charge is -2.18. The summed E-state index contributed by atoms with van der Waals surface area (Å²) >= 11 is 0. The van der Waals surface area contributed by atoms with Crippen LogP contribution < -0.4 is 0 Å². The second-order valence-electron chi connectivity index (χ2n) is 4.87. The lowest BCUT2D eigenvalue weighted by Crippen LogP contribution is -2.32. The number of likely N-dealkylation sites (tertiary alicyclic amines) is 1. The molecule has 1 aliphatic rings. The molecule has 1 saturated heterocycles. The predicted molar refractivity (Wildman–Crippen MR) is 69.0 cm³/mol. The van der Waals surface area contributed by atoms with Gasteiger partial charge >= 0.3 is 5.69 Å². The van der Waals surface area contributed by atoms with E-state index in [0.717, 1.165) is 25.7 Å². The summed E-state index contributed by atoms with van der Waals surface area (Å²) in [5.41, 5.74) is 0.201. The number of rotatable bonds is 2. The van der Waals surface area contributed by atoms with E-state index in [1.807, 2.05) is 0 Å². The normalized spacial score (nSPS) is 16.2. The van der Waals surface area contributed by atoms with E-state index in [4.69, 9.17) is 0 Å². The quantitative estimate of drug-likeness (QED) is 0.602. The monoisotopic (exact) mass is 266 g/mol. The first-order chi connectivity index (χ1) is 9.02. The molecule has 0 aliphatic carbocycles. The molecule has 19 heavy (non-hydrogen) atoms. The average molecular weight is 266 g/mol. The number of carbonyl (C=O) groups excluding carboxylic acids is 1. The van der Waals surface area contributed by atoms with Crippen LogP contribution in [0.4, 0.5) is 5.69 Å². The Morgan fingerprint density at radius 2 is 1.84 bits per heavy atom. The van der Waals surface area contributed by atoms with E-state index in [0.29, 0.717) is 18.8 Å². The number of aromatic nitrogens is 2. The average Bonchev–Trinajstić information content (AvgIpc) is 2.59. The van der Waals surface area contributed by atoms with Crippen LogP contribution >= 0.6 is 0 Å². The fraction of sp³-hybridized carbons (Fsp3) is 0.667. The summed E-state index contributed by atoms with van der Waals surface area (Å²) in [6.07, 6.45) is 4.11. The number of nitro groups is 1. The fourth-order valence-electron chi connectivity index (χ4n) is 2.38. The van der Waals surface area contributed by atoms with Gasteiger partial charge in [-0.2, -0.15) is 5.10 Å². The molecule has 7 nitrogen and oxygen atoms in total. The number of hydrogen-bond donors (Lipinski definition) is 0. The van der Waals surface area contributed by atoms with Crippen LogP contribution in [-0.4, -0.2) is 38.6 Å². The summed E-state index contributed by atoms with van der Waals surface area (Å²) in [6, 6.07) is 0. The lowest BCUT2D eigenvalue weighted by molar-refractivity contribution is -0.385. The molecule has 7 heteroatoms. The van der Waals surface area contributed by atoms with E-state index in [9.17, 15) is 14.9 Å². The van der Waals surface area contributed by atoms with E-state index in [-0.39, 0.29) is 17.3 Å². The molecule has 1 amide bonds. The number of aryl methyl sites for hydroxylation is 1. The Hall–Kier alpha value is -1.92. The van der Waals surface area contributed by atoms with Crippen molar-refractivity contribution in [2.24, 2.45) is 7.05 Å². The Morgan fingerprint density at radius 1 is 1.26 bits per heavy atom. The van der Waals surface area contributed by atoms with Crippen LogP contribution in [0.15, 0.2) is 0 Å². The molecule has 0 bridgehead atoms. The fourth-order valence-corrected chi connectivity index (χ4v) is 2.38. The summed E-state index contributed by atoms with van der Waals surface area (Å²) in [4.78, 5) is 24.6. The molecule has 0 aromatic carbocycles. The minimum absolute atomic E-state index is 0.0353. The molecule has 0 unspecified atom stereocenters. The minimum Gasteiger partial charge on any atom is -0.337 e. The Kier molecular flexibility index (Phi) is 3.82. The summed E-state index contributed by atoms with van der Waals surface area (Å²) < 4.78 is 1.39. The Bertz CT molecular complexity index is 501. The SMILES string of the molecule is Cc1c([N+](=O)[O-])c(C(=O)N2CCCCCC2)nn1C. The summed E-state index contributed by atoms with van der Waals surface area (Å²) in [5, 5.41) is 15.1. The number of amides is 1. The lowest BCUT2D eigenvalue weighted by atomic mass is 10.2. The van der Waals surface area contributed by atoms with Crippen LogP contribution in [-0.2, 0) is 7.05 Å². The highest BCUT2D eigenvalue weighted by Crippen LogP contribution is 2.24. The molecule has 0 atom stereocenters.